The van der Waals surface area contributed by atoms with Crippen LogP contribution in [0.2, 0.25) is 0 Å². The van der Waals surface area contributed by atoms with E-state index < -0.39 is 0 Å². The summed E-state index contributed by atoms with van der Waals surface area (Å²) >= 11 is 0. The average molecular weight is 276 g/mol. The van der Waals surface area contributed by atoms with Crippen molar-refractivity contribution in [2.45, 2.75) is 45.2 Å². The number of carbonyl (C=O) groups is 1. The maximum atomic E-state index is 11.8. The third-order valence-corrected chi connectivity index (χ3v) is 3.68. The Kier molecular flexibility index (Phi) is 6.39. The molecule has 5 heteroatoms. The summed E-state index contributed by atoms with van der Waals surface area (Å²) in [6.07, 6.45) is 3.78. The number of amides is 1. The predicted molar refractivity (Wildman–Crippen MR) is 76.1 cm³/mol. The molecule has 106 valence electrons. The lowest BCUT2D eigenvalue weighted by Crippen LogP contribution is -2.42. The average Bonchev–Trinajstić information content (AvgIpc) is 2.60. The van der Waals surface area contributed by atoms with Crippen LogP contribution < -0.4 is 10.6 Å². The van der Waals surface area contributed by atoms with Gasteiger partial charge in [0, 0.05) is 31.7 Å². The summed E-state index contributed by atoms with van der Waals surface area (Å²) in [6.45, 7) is 7.69. The second-order valence-electron chi connectivity index (χ2n) is 5.86. The molecular weight excluding hydrogens is 250 g/mol. The molecule has 0 aromatic rings. The van der Waals surface area contributed by atoms with Crippen molar-refractivity contribution in [3.63, 3.8) is 0 Å². The van der Waals surface area contributed by atoms with E-state index in [9.17, 15) is 4.79 Å². The van der Waals surface area contributed by atoms with Gasteiger partial charge in [-0.1, -0.05) is 13.8 Å². The lowest BCUT2D eigenvalue weighted by atomic mass is 10.1. The quantitative estimate of drug-likeness (QED) is 0.805. The molecule has 2 fully saturated rings. The first kappa shape index (κ1) is 15.7. The number of fused-ring (bicyclic) bond motifs is 2. The van der Waals surface area contributed by atoms with Crippen LogP contribution in [0.1, 0.15) is 33.1 Å². The van der Waals surface area contributed by atoms with Crippen LogP contribution in [0.5, 0.6) is 0 Å². The van der Waals surface area contributed by atoms with Crippen molar-refractivity contribution in [1.82, 2.24) is 15.5 Å². The highest BCUT2D eigenvalue weighted by molar-refractivity contribution is 5.85. The molecule has 0 aromatic carbocycles. The number of halogens is 1. The maximum Gasteiger partial charge on any atom is 0.234 e. The molecule has 0 aromatic heterocycles. The van der Waals surface area contributed by atoms with E-state index in [0.29, 0.717) is 24.5 Å². The smallest absolute Gasteiger partial charge is 0.234 e. The second kappa shape index (κ2) is 7.31. The predicted octanol–water partition coefficient (Wildman–Crippen LogP) is 1.01. The minimum atomic E-state index is 0. The third kappa shape index (κ3) is 4.75. The molecule has 4 nitrogen and oxygen atoms in total. The zero-order valence-electron chi connectivity index (χ0n) is 11.4. The van der Waals surface area contributed by atoms with Crippen LogP contribution in [0.25, 0.3) is 0 Å². The van der Waals surface area contributed by atoms with Crippen LogP contribution in [0.4, 0.5) is 0 Å². The molecule has 2 bridgehead atoms. The first-order chi connectivity index (χ1) is 8.13. The summed E-state index contributed by atoms with van der Waals surface area (Å²) in [7, 11) is 0. The molecule has 0 aliphatic carbocycles. The van der Waals surface area contributed by atoms with Crippen molar-refractivity contribution >= 4 is 18.3 Å². The van der Waals surface area contributed by atoms with Gasteiger partial charge < -0.3 is 10.6 Å². The molecule has 18 heavy (non-hydrogen) atoms. The number of likely N-dealkylation sites (tertiary alicyclic amines) is 1. The molecule has 2 N–H and O–H groups in total. The number of rotatable bonds is 4. The van der Waals surface area contributed by atoms with E-state index in [1.165, 1.54) is 19.3 Å². The summed E-state index contributed by atoms with van der Waals surface area (Å²) in [5.41, 5.74) is 0. The number of carbonyl (C=O) groups excluding carboxylic acids is 1. The van der Waals surface area contributed by atoms with Crippen molar-refractivity contribution in [2.75, 3.05) is 26.2 Å². The van der Waals surface area contributed by atoms with Crippen LogP contribution in [0.15, 0.2) is 0 Å². The van der Waals surface area contributed by atoms with E-state index in [4.69, 9.17) is 0 Å². The zero-order chi connectivity index (χ0) is 12.3. The molecule has 0 spiro atoms. The lowest BCUT2D eigenvalue weighted by molar-refractivity contribution is -0.122. The van der Waals surface area contributed by atoms with E-state index in [-0.39, 0.29) is 18.3 Å². The molecule has 2 heterocycles. The molecule has 2 atom stereocenters. The molecule has 2 aliphatic rings. The van der Waals surface area contributed by atoms with Gasteiger partial charge in [-0.2, -0.15) is 0 Å². The number of hydrogen-bond donors (Lipinski definition) is 2. The molecular formula is C13H26ClN3O. The fraction of sp³-hybridized carbons (Fsp3) is 0.923. The number of nitrogens with one attached hydrogen (secondary N) is 2. The Balaban J connectivity index is 0.00000162. The Morgan fingerprint density at radius 1 is 1.33 bits per heavy atom. The summed E-state index contributed by atoms with van der Waals surface area (Å²) in [5, 5.41) is 6.63. The van der Waals surface area contributed by atoms with Crippen molar-refractivity contribution in [3.05, 3.63) is 0 Å². The molecule has 2 saturated heterocycles. The molecule has 1 amide bonds. The van der Waals surface area contributed by atoms with E-state index in [1.807, 2.05) is 0 Å². The minimum absolute atomic E-state index is 0. The number of nitrogens with zero attached hydrogens (tertiary/aromatic N) is 1. The van der Waals surface area contributed by atoms with E-state index in [1.54, 1.807) is 0 Å². The summed E-state index contributed by atoms with van der Waals surface area (Å²) in [6, 6.07) is 1.31. The highest BCUT2D eigenvalue weighted by atomic mass is 35.5. The zero-order valence-corrected chi connectivity index (χ0v) is 12.3. The van der Waals surface area contributed by atoms with Crippen molar-refractivity contribution < 1.29 is 4.79 Å². The fourth-order valence-corrected chi connectivity index (χ4v) is 2.74. The van der Waals surface area contributed by atoms with Gasteiger partial charge in [0.05, 0.1) is 6.54 Å². The summed E-state index contributed by atoms with van der Waals surface area (Å²) in [4.78, 5) is 14.1. The first-order valence-electron chi connectivity index (χ1n) is 6.88. The van der Waals surface area contributed by atoms with Gasteiger partial charge in [-0.3, -0.25) is 9.69 Å². The van der Waals surface area contributed by atoms with Gasteiger partial charge in [-0.05, 0) is 25.2 Å². The van der Waals surface area contributed by atoms with Gasteiger partial charge in [-0.25, -0.2) is 0 Å². The van der Waals surface area contributed by atoms with Crippen LogP contribution >= 0.6 is 12.4 Å². The monoisotopic (exact) mass is 275 g/mol. The summed E-state index contributed by atoms with van der Waals surface area (Å²) in [5.74, 6) is 0.706. The van der Waals surface area contributed by atoms with Gasteiger partial charge >= 0.3 is 0 Å². The van der Waals surface area contributed by atoms with E-state index in [2.05, 4.69) is 29.4 Å². The lowest BCUT2D eigenvalue weighted by Gasteiger charge is -2.23. The second-order valence-corrected chi connectivity index (χ2v) is 5.86. The Morgan fingerprint density at radius 2 is 2.06 bits per heavy atom. The Bertz CT molecular complexity index is 273. The molecule has 2 rings (SSSR count). The molecule has 2 aliphatic heterocycles. The van der Waals surface area contributed by atoms with Crippen molar-refractivity contribution in [1.29, 1.82) is 0 Å². The largest absolute Gasteiger partial charge is 0.355 e. The van der Waals surface area contributed by atoms with Gasteiger partial charge in [-0.15, -0.1) is 12.4 Å². The van der Waals surface area contributed by atoms with Gasteiger partial charge in [0.1, 0.15) is 0 Å². The fourth-order valence-electron chi connectivity index (χ4n) is 2.74. The van der Waals surface area contributed by atoms with Crippen molar-refractivity contribution in [3.8, 4) is 0 Å². The standard InChI is InChI=1S/C13H25N3O.ClH/c1-10(2)7-14-13(17)9-16-6-5-11-3-4-12(8-16)15-11;/h10-12,15H,3-9H2,1-2H3,(H,14,17);1H. The highest BCUT2D eigenvalue weighted by Gasteiger charge is 2.29. The number of hydrogen-bond acceptors (Lipinski definition) is 3. The van der Waals surface area contributed by atoms with Gasteiger partial charge in [0.25, 0.3) is 0 Å². The van der Waals surface area contributed by atoms with Crippen LogP contribution in [0, 0.1) is 5.92 Å². The van der Waals surface area contributed by atoms with Crippen LogP contribution in [0.3, 0.4) is 0 Å². The normalized spacial score (nSPS) is 27.7. The Labute approximate surface area is 116 Å². The minimum Gasteiger partial charge on any atom is -0.355 e. The molecule has 0 radical (unpaired) electrons. The van der Waals surface area contributed by atoms with Gasteiger partial charge in [0.2, 0.25) is 5.91 Å². The van der Waals surface area contributed by atoms with E-state index >= 15 is 0 Å². The maximum absolute atomic E-state index is 11.8. The van der Waals surface area contributed by atoms with E-state index in [0.717, 1.165) is 19.6 Å². The van der Waals surface area contributed by atoms with Crippen molar-refractivity contribution in [2.24, 2.45) is 5.92 Å². The summed E-state index contributed by atoms with van der Waals surface area (Å²) < 4.78 is 0. The SMILES string of the molecule is CC(C)CNC(=O)CN1CCC2CCC(C1)N2.Cl. The third-order valence-electron chi connectivity index (χ3n) is 3.68. The van der Waals surface area contributed by atoms with Gasteiger partial charge in [0.15, 0.2) is 0 Å². The van der Waals surface area contributed by atoms with Crippen LogP contribution in [-0.2, 0) is 4.79 Å². The molecule has 0 saturated carbocycles. The topological polar surface area (TPSA) is 44.4 Å². The van der Waals surface area contributed by atoms with Crippen LogP contribution in [-0.4, -0.2) is 49.1 Å². The Morgan fingerprint density at radius 3 is 2.78 bits per heavy atom. The Hall–Kier alpha value is -0.320. The highest BCUT2D eigenvalue weighted by Crippen LogP contribution is 2.19. The molecule has 2 unspecified atom stereocenters. The first-order valence-corrected chi connectivity index (χ1v) is 6.88.